The summed E-state index contributed by atoms with van der Waals surface area (Å²) in [4.78, 5) is 7.70. The van der Waals surface area contributed by atoms with Crippen LogP contribution in [0.4, 0.5) is 51.4 Å². The standard InChI is InChI=1S/C71H76BN3O/c1-65(2,3)44-24-29-58-57(36-44)72-62-50-41-55-56(71(13)35-34-70(55,12)43-71)42-61(50)76-64(62)75(48-26-28-52-54(38-48)69(10,11)33-31-67(52,6)7)60-40-49(73(45-20-16-14-17-21-45)46-22-18-15-19-23-46)39-59(63(60)72)74(58)47-25-27-51-53(37-47)68(8,9)32-30-66(51,4)5/h14-29,36-42H,30-35,43H2,1-13H3. The zero-order valence-corrected chi connectivity index (χ0v) is 47.6. The first-order valence-electron chi connectivity index (χ1n) is 28.7. The van der Waals surface area contributed by atoms with E-state index in [0.29, 0.717) is 0 Å². The summed E-state index contributed by atoms with van der Waals surface area (Å²) in [6, 6.07) is 54.5. The van der Waals surface area contributed by atoms with E-state index in [1.54, 1.807) is 0 Å². The van der Waals surface area contributed by atoms with Crippen LogP contribution in [0, 0.1) is 0 Å². The number of rotatable bonds is 5. The molecule has 3 heterocycles. The zero-order valence-electron chi connectivity index (χ0n) is 47.6. The van der Waals surface area contributed by atoms with Gasteiger partial charge in [-0.05, 0) is 212 Å². The van der Waals surface area contributed by atoms with Crippen LogP contribution in [0.5, 0.6) is 0 Å². The molecule has 6 aliphatic rings. The van der Waals surface area contributed by atoms with E-state index in [2.05, 4.69) is 244 Å². The van der Waals surface area contributed by atoms with Crippen LogP contribution in [0.1, 0.15) is 174 Å². The van der Waals surface area contributed by atoms with E-state index in [0.717, 1.165) is 52.7 Å². The smallest absolute Gasteiger partial charge is 0.257 e. The van der Waals surface area contributed by atoms with Crippen LogP contribution < -0.4 is 31.1 Å². The maximum atomic E-state index is 7.76. The van der Waals surface area contributed by atoms with Gasteiger partial charge in [-0.3, -0.25) is 4.90 Å². The maximum absolute atomic E-state index is 7.76. The Balaban J connectivity index is 1.14. The minimum atomic E-state index is -0.108. The van der Waals surface area contributed by atoms with Crippen molar-refractivity contribution in [1.82, 2.24) is 0 Å². The summed E-state index contributed by atoms with van der Waals surface area (Å²) < 4.78 is 7.76. The number of nitrogens with zero attached hydrogens (tertiary/aromatic N) is 3. The summed E-state index contributed by atoms with van der Waals surface area (Å²) in [6.07, 6.45) is 8.30. The van der Waals surface area contributed by atoms with Crippen molar-refractivity contribution < 1.29 is 4.42 Å². The molecule has 0 N–H and O–H groups in total. The van der Waals surface area contributed by atoms with E-state index in [9.17, 15) is 0 Å². The third-order valence-electron chi connectivity index (χ3n) is 20.5. The number of hydrogen-bond donors (Lipinski definition) is 0. The topological polar surface area (TPSA) is 22.9 Å². The number of fused-ring (bicyclic) bond motifs is 13. The van der Waals surface area contributed by atoms with Gasteiger partial charge in [0.25, 0.3) is 6.71 Å². The lowest BCUT2D eigenvalue weighted by atomic mass is 9.33. The predicted molar refractivity (Wildman–Crippen MR) is 323 cm³/mol. The van der Waals surface area contributed by atoms with Crippen LogP contribution in [0.15, 0.2) is 144 Å². The van der Waals surface area contributed by atoms with Gasteiger partial charge in [-0.25, -0.2) is 0 Å². The fourth-order valence-corrected chi connectivity index (χ4v) is 15.8. The van der Waals surface area contributed by atoms with E-state index in [4.69, 9.17) is 4.42 Å². The lowest BCUT2D eigenvalue weighted by Gasteiger charge is -2.46. The SMILES string of the molecule is CC(C)(C)c1ccc2c(c1)B1c3c(cc(N(c4ccccc4)c4ccccc4)cc3N(c3ccc4c(c3)C(C)(C)CCC4(C)C)c3oc4cc5c(cc4c31)C1(C)CCC5(C)C1)N2c1ccc2c(c1)C(C)(C)CCC2(C)C. The molecular weight excluding hydrogens is 922 g/mol. The second-order valence-corrected chi connectivity index (χ2v) is 28.5. The number of benzene rings is 7. The van der Waals surface area contributed by atoms with Gasteiger partial charge in [0, 0.05) is 50.7 Å². The van der Waals surface area contributed by atoms with Gasteiger partial charge in [0.15, 0.2) is 0 Å². The van der Waals surface area contributed by atoms with Gasteiger partial charge in [0.2, 0.25) is 5.88 Å². The zero-order chi connectivity index (χ0) is 52.9. The Hall–Kier alpha value is -6.46. The minimum Gasteiger partial charge on any atom is -0.440 e. The normalized spacial score (nSPS) is 22.6. The molecule has 5 heteroatoms. The molecular formula is C71H76BN3O. The molecule has 14 rings (SSSR count). The lowest BCUT2D eigenvalue weighted by Crippen LogP contribution is -2.61. The highest BCUT2D eigenvalue weighted by Crippen LogP contribution is 2.62. The fraction of sp³-hybridized carbons (Fsp3) is 0.380. The fourth-order valence-electron chi connectivity index (χ4n) is 15.8. The van der Waals surface area contributed by atoms with Crippen molar-refractivity contribution in [3.05, 3.63) is 178 Å². The Labute approximate surface area is 453 Å². The molecule has 2 unspecified atom stereocenters. The van der Waals surface area contributed by atoms with Crippen molar-refractivity contribution in [3.8, 4) is 0 Å². The summed E-state index contributed by atoms with van der Waals surface area (Å²) in [5.74, 6) is 0.944. The minimum absolute atomic E-state index is 0.00738. The summed E-state index contributed by atoms with van der Waals surface area (Å²) in [5, 5.41) is 1.26. The Kier molecular flexibility index (Phi) is 9.85. The molecule has 7 aromatic carbocycles. The second-order valence-electron chi connectivity index (χ2n) is 28.5. The van der Waals surface area contributed by atoms with Crippen LogP contribution in [0.2, 0.25) is 0 Å². The Morgan fingerprint density at radius 2 is 0.947 bits per heavy atom. The average molecular weight is 998 g/mol. The van der Waals surface area contributed by atoms with Gasteiger partial charge >= 0.3 is 0 Å². The molecule has 2 atom stereocenters. The number of furan rings is 1. The first kappa shape index (κ1) is 48.0. The molecule has 8 aromatic rings. The number of anilines is 9. The molecule has 4 aliphatic carbocycles. The van der Waals surface area contributed by atoms with Crippen molar-refractivity contribution in [2.75, 3.05) is 14.7 Å². The number of para-hydroxylation sites is 2. The van der Waals surface area contributed by atoms with E-state index >= 15 is 0 Å². The summed E-state index contributed by atoms with van der Waals surface area (Å²) in [5.41, 5.74) is 24.9. The molecule has 0 radical (unpaired) electrons. The molecule has 0 saturated heterocycles. The Morgan fingerprint density at radius 3 is 1.49 bits per heavy atom. The van der Waals surface area contributed by atoms with E-state index in [1.165, 1.54) is 110 Å². The number of hydrogen-bond acceptors (Lipinski definition) is 4. The summed E-state index contributed by atoms with van der Waals surface area (Å²) in [7, 11) is 0. The molecule has 4 nitrogen and oxygen atoms in total. The molecule has 384 valence electrons. The van der Waals surface area contributed by atoms with E-state index in [1.807, 2.05) is 0 Å². The molecule has 1 saturated carbocycles. The first-order chi connectivity index (χ1) is 36.0. The van der Waals surface area contributed by atoms with E-state index < -0.39 is 0 Å². The second kappa shape index (κ2) is 15.6. The summed E-state index contributed by atoms with van der Waals surface area (Å²) >= 11 is 0. The van der Waals surface area contributed by atoms with Crippen molar-refractivity contribution in [1.29, 1.82) is 0 Å². The highest BCUT2D eigenvalue weighted by molar-refractivity contribution is 7.01. The highest BCUT2D eigenvalue weighted by atomic mass is 16.4. The van der Waals surface area contributed by atoms with Gasteiger partial charge in [-0.1, -0.05) is 151 Å². The molecule has 2 aliphatic heterocycles. The molecule has 2 bridgehead atoms. The van der Waals surface area contributed by atoms with Crippen LogP contribution in [0.25, 0.3) is 11.0 Å². The van der Waals surface area contributed by atoms with Gasteiger partial charge in [-0.2, -0.15) is 0 Å². The molecule has 76 heavy (non-hydrogen) atoms. The molecule has 0 spiro atoms. The largest absolute Gasteiger partial charge is 0.440 e. The first-order valence-corrected chi connectivity index (χ1v) is 28.7. The van der Waals surface area contributed by atoms with Crippen molar-refractivity contribution in [2.24, 2.45) is 0 Å². The summed E-state index contributed by atoms with van der Waals surface area (Å²) in [6.45, 7) is 31.7. The van der Waals surface area contributed by atoms with Crippen molar-refractivity contribution >= 4 is 85.5 Å². The van der Waals surface area contributed by atoms with Crippen LogP contribution in [-0.2, 0) is 37.9 Å². The van der Waals surface area contributed by atoms with Crippen LogP contribution in [0.3, 0.4) is 0 Å². The average Bonchev–Trinajstić information content (AvgIpc) is 4.13. The maximum Gasteiger partial charge on any atom is 0.257 e. The molecule has 0 amide bonds. The van der Waals surface area contributed by atoms with Crippen molar-refractivity contribution in [3.63, 3.8) is 0 Å². The Morgan fingerprint density at radius 1 is 0.447 bits per heavy atom. The van der Waals surface area contributed by atoms with Crippen molar-refractivity contribution in [2.45, 2.75) is 173 Å². The Bertz CT molecular complexity index is 3700. The van der Waals surface area contributed by atoms with Gasteiger partial charge in [0.1, 0.15) is 5.58 Å². The third-order valence-corrected chi connectivity index (χ3v) is 20.5. The van der Waals surface area contributed by atoms with Gasteiger partial charge in [-0.15, -0.1) is 0 Å². The molecule has 1 aromatic heterocycles. The van der Waals surface area contributed by atoms with Gasteiger partial charge in [0.05, 0.1) is 5.69 Å². The third kappa shape index (κ3) is 6.81. The lowest BCUT2D eigenvalue weighted by molar-refractivity contribution is 0.332. The van der Waals surface area contributed by atoms with Crippen LogP contribution in [-0.4, -0.2) is 6.71 Å². The quantitative estimate of drug-likeness (QED) is 0.160. The van der Waals surface area contributed by atoms with Gasteiger partial charge < -0.3 is 14.2 Å². The predicted octanol–water partition coefficient (Wildman–Crippen LogP) is 17.7. The highest BCUT2D eigenvalue weighted by Gasteiger charge is 2.55. The monoisotopic (exact) mass is 998 g/mol. The van der Waals surface area contributed by atoms with Crippen LogP contribution >= 0.6 is 0 Å². The van der Waals surface area contributed by atoms with E-state index in [-0.39, 0.29) is 44.6 Å². The molecule has 1 fully saturated rings.